The van der Waals surface area contributed by atoms with Crippen LogP contribution < -0.4 is 5.32 Å². The van der Waals surface area contributed by atoms with Gasteiger partial charge in [0.05, 0.1) is 0 Å². The van der Waals surface area contributed by atoms with Crippen molar-refractivity contribution in [2.24, 2.45) is 0 Å². The van der Waals surface area contributed by atoms with E-state index in [1.165, 1.54) is 45.3 Å². The Bertz CT molecular complexity index is 139. The van der Waals surface area contributed by atoms with Crippen LogP contribution in [0.15, 0.2) is 0 Å². The van der Waals surface area contributed by atoms with Gasteiger partial charge in [-0.25, -0.2) is 0 Å². The molecule has 1 N–H and O–H groups in total. The monoisotopic (exact) mass is 198 g/mol. The molecule has 0 aromatic heterocycles. The molecule has 0 bridgehead atoms. The molecule has 14 heavy (non-hydrogen) atoms. The standard InChI is InChI=1S/C12H26N2/c1-4-8-13-12-6-9-14(10-7-12)11(3)5-2/h11-13H,4-10H2,1-3H3. The van der Waals surface area contributed by atoms with E-state index in [4.69, 9.17) is 0 Å². The van der Waals surface area contributed by atoms with Crippen LogP contribution >= 0.6 is 0 Å². The average molecular weight is 198 g/mol. The van der Waals surface area contributed by atoms with E-state index in [9.17, 15) is 0 Å². The second kappa shape index (κ2) is 6.41. The first-order valence-corrected chi connectivity index (χ1v) is 6.25. The number of rotatable bonds is 5. The van der Waals surface area contributed by atoms with Crippen LogP contribution in [-0.4, -0.2) is 36.6 Å². The fraction of sp³-hybridized carbons (Fsp3) is 1.00. The van der Waals surface area contributed by atoms with Gasteiger partial charge < -0.3 is 10.2 Å². The molecule has 0 aromatic rings. The van der Waals surface area contributed by atoms with Crippen LogP contribution in [0.5, 0.6) is 0 Å². The van der Waals surface area contributed by atoms with Crippen LogP contribution in [0.4, 0.5) is 0 Å². The summed E-state index contributed by atoms with van der Waals surface area (Å²) in [5, 5.41) is 3.62. The fourth-order valence-electron chi connectivity index (χ4n) is 2.15. The molecule has 0 saturated carbocycles. The highest BCUT2D eigenvalue weighted by Gasteiger charge is 2.20. The van der Waals surface area contributed by atoms with Gasteiger partial charge in [0.15, 0.2) is 0 Å². The summed E-state index contributed by atoms with van der Waals surface area (Å²) in [7, 11) is 0. The van der Waals surface area contributed by atoms with E-state index in [0.29, 0.717) is 0 Å². The molecule has 1 saturated heterocycles. The number of nitrogens with zero attached hydrogens (tertiary/aromatic N) is 1. The van der Waals surface area contributed by atoms with Crippen molar-refractivity contribution in [3.8, 4) is 0 Å². The highest BCUT2D eigenvalue weighted by Crippen LogP contribution is 2.14. The van der Waals surface area contributed by atoms with E-state index < -0.39 is 0 Å². The Hall–Kier alpha value is -0.0800. The van der Waals surface area contributed by atoms with Crippen LogP contribution in [-0.2, 0) is 0 Å². The molecule has 0 aliphatic carbocycles. The minimum Gasteiger partial charge on any atom is -0.314 e. The zero-order valence-corrected chi connectivity index (χ0v) is 10.1. The molecular formula is C12H26N2. The number of nitrogens with one attached hydrogen (secondary N) is 1. The third-order valence-corrected chi connectivity index (χ3v) is 3.43. The Morgan fingerprint density at radius 1 is 1.29 bits per heavy atom. The Balaban J connectivity index is 2.17. The Morgan fingerprint density at radius 3 is 2.43 bits per heavy atom. The topological polar surface area (TPSA) is 15.3 Å². The van der Waals surface area contributed by atoms with Crippen molar-refractivity contribution in [2.45, 2.75) is 58.5 Å². The van der Waals surface area contributed by atoms with E-state index in [0.717, 1.165) is 12.1 Å². The van der Waals surface area contributed by atoms with Crippen LogP contribution in [0, 0.1) is 0 Å². The summed E-state index contributed by atoms with van der Waals surface area (Å²) in [4.78, 5) is 2.63. The van der Waals surface area contributed by atoms with Crippen molar-refractivity contribution in [1.82, 2.24) is 10.2 Å². The van der Waals surface area contributed by atoms with E-state index in [1.807, 2.05) is 0 Å². The van der Waals surface area contributed by atoms with Gasteiger partial charge in [0.25, 0.3) is 0 Å². The smallest absolute Gasteiger partial charge is 0.00914 e. The van der Waals surface area contributed by atoms with Gasteiger partial charge in [0.2, 0.25) is 0 Å². The van der Waals surface area contributed by atoms with Crippen molar-refractivity contribution < 1.29 is 0 Å². The van der Waals surface area contributed by atoms with Crippen molar-refractivity contribution in [1.29, 1.82) is 0 Å². The lowest BCUT2D eigenvalue weighted by Gasteiger charge is -2.36. The molecule has 84 valence electrons. The van der Waals surface area contributed by atoms with Crippen LogP contribution in [0.3, 0.4) is 0 Å². The normalized spacial score (nSPS) is 22.5. The van der Waals surface area contributed by atoms with Gasteiger partial charge >= 0.3 is 0 Å². The quantitative estimate of drug-likeness (QED) is 0.729. The summed E-state index contributed by atoms with van der Waals surface area (Å²) in [6, 6.07) is 1.57. The summed E-state index contributed by atoms with van der Waals surface area (Å²) >= 11 is 0. The number of piperidine rings is 1. The van der Waals surface area contributed by atoms with Crippen molar-refractivity contribution in [3.05, 3.63) is 0 Å². The third kappa shape index (κ3) is 3.58. The second-order valence-electron chi connectivity index (χ2n) is 4.52. The van der Waals surface area contributed by atoms with E-state index in [1.54, 1.807) is 0 Å². The summed E-state index contributed by atoms with van der Waals surface area (Å²) < 4.78 is 0. The highest BCUT2D eigenvalue weighted by molar-refractivity contribution is 4.79. The molecule has 1 unspecified atom stereocenters. The van der Waals surface area contributed by atoms with E-state index in [2.05, 4.69) is 31.0 Å². The molecule has 1 rings (SSSR count). The van der Waals surface area contributed by atoms with Crippen LogP contribution in [0.25, 0.3) is 0 Å². The zero-order valence-electron chi connectivity index (χ0n) is 10.1. The Kier molecular flexibility index (Phi) is 5.49. The van der Waals surface area contributed by atoms with Gasteiger partial charge in [0, 0.05) is 12.1 Å². The van der Waals surface area contributed by atoms with Gasteiger partial charge in [-0.05, 0) is 52.2 Å². The zero-order chi connectivity index (χ0) is 10.4. The maximum atomic E-state index is 3.62. The van der Waals surface area contributed by atoms with Gasteiger partial charge in [-0.15, -0.1) is 0 Å². The molecule has 2 heteroatoms. The summed E-state index contributed by atoms with van der Waals surface area (Å²) in [6.45, 7) is 10.6. The van der Waals surface area contributed by atoms with Crippen LogP contribution in [0.2, 0.25) is 0 Å². The molecule has 0 aromatic carbocycles. The van der Waals surface area contributed by atoms with Gasteiger partial charge in [-0.2, -0.15) is 0 Å². The number of hydrogen-bond acceptors (Lipinski definition) is 2. The molecule has 0 amide bonds. The van der Waals surface area contributed by atoms with Crippen LogP contribution in [0.1, 0.15) is 46.5 Å². The largest absolute Gasteiger partial charge is 0.314 e. The lowest BCUT2D eigenvalue weighted by Crippen LogP contribution is -2.45. The molecule has 1 aliphatic rings. The highest BCUT2D eigenvalue weighted by atomic mass is 15.2. The predicted molar refractivity (Wildman–Crippen MR) is 62.6 cm³/mol. The minimum atomic E-state index is 0.780. The summed E-state index contributed by atoms with van der Waals surface area (Å²) in [6.07, 6.45) is 5.22. The van der Waals surface area contributed by atoms with Crippen molar-refractivity contribution in [3.63, 3.8) is 0 Å². The first-order valence-electron chi connectivity index (χ1n) is 6.25. The van der Waals surface area contributed by atoms with E-state index in [-0.39, 0.29) is 0 Å². The lowest BCUT2D eigenvalue weighted by molar-refractivity contribution is 0.149. The number of hydrogen-bond donors (Lipinski definition) is 1. The van der Waals surface area contributed by atoms with Gasteiger partial charge in [-0.1, -0.05) is 13.8 Å². The predicted octanol–water partition coefficient (Wildman–Crippen LogP) is 2.25. The molecule has 1 atom stereocenters. The molecular weight excluding hydrogens is 172 g/mol. The summed E-state index contributed by atoms with van der Waals surface area (Å²) in [5.41, 5.74) is 0. The molecule has 1 fully saturated rings. The Labute approximate surface area is 89.1 Å². The fourth-order valence-corrected chi connectivity index (χ4v) is 2.15. The molecule has 0 radical (unpaired) electrons. The van der Waals surface area contributed by atoms with E-state index >= 15 is 0 Å². The molecule has 1 heterocycles. The average Bonchev–Trinajstić information content (AvgIpc) is 2.26. The maximum Gasteiger partial charge on any atom is 0.00914 e. The molecule has 1 aliphatic heterocycles. The Morgan fingerprint density at radius 2 is 1.93 bits per heavy atom. The van der Waals surface area contributed by atoms with Gasteiger partial charge in [0.1, 0.15) is 0 Å². The number of likely N-dealkylation sites (tertiary alicyclic amines) is 1. The minimum absolute atomic E-state index is 0.780. The SMILES string of the molecule is CCCNC1CCN(C(C)CC)CC1. The first-order chi connectivity index (χ1) is 6.77. The van der Waals surface area contributed by atoms with Gasteiger partial charge in [-0.3, -0.25) is 0 Å². The second-order valence-corrected chi connectivity index (χ2v) is 4.52. The maximum absolute atomic E-state index is 3.62. The first kappa shape index (κ1) is 12.0. The summed E-state index contributed by atoms with van der Waals surface area (Å²) in [5.74, 6) is 0. The lowest BCUT2D eigenvalue weighted by atomic mass is 10.0. The molecule has 0 spiro atoms. The third-order valence-electron chi connectivity index (χ3n) is 3.43. The molecule has 2 nitrogen and oxygen atoms in total. The van der Waals surface area contributed by atoms with Crippen molar-refractivity contribution in [2.75, 3.05) is 19.6 Å². The van der Waals surface area contributed by atoms with Crippen molar-refractivity contribution >= 4 is 0 Å².